The first-order valence-electron chi connectivity index (χ1n) is 13.0. The number of hydrogen-bond donors (Lipinski definition) is 0. The molecular weight excluding hydrogens is 559 g/mol. The summed E-state index contributed by atoms with van der Waals surface area (Å²) in [7, 11) is -1.50. The highest BCUT2D eigenvalue weighted by molar-refractivity contribution is 7.88. The summed E-state index contributed by atoms with van der Waals surface area (Å²) in [6.07, 6.45) is 1.19. The van der Waals surface area contributed by atoms with Crippen molar-refractivity contribution in [2.45, 2.75) is 38.1 Å². The fourth-order valence-electron chi connectivity index (χ4n) is 5.68. The van der Waals surface area contributed by atoms with Gasteiger partial charge < -0.3 is 14.7 Å². The van der Waals surface area contributed by atoms with Crippen molar-refractivity contribution < 1.29 is 18.0 Å². The van der Waals surface area contributed by atoms with E-state index in [4.69, 9.17) is 23.2 Å². The number of likely N-dealkylation sites (tertiary alicyclic amines) is 1. The van der Waals surface area contributed by atoms with Gasteiger partial charge in [-0.3, -0.25) is 4.79 Å². The number of aryl methyl sites for hydroxylation is 1. The zero-order chi connectivity index (χ0) is 28.7. The molecule has 0 saturated carbocycles. The van der Waals surface area contributed by atoms with Gasteiger partial charge in [0, 0.05) is 62.3 Å². The monoisotopic (exact) mass is 594 g/mol. The Bertz CT molecular complexity index is 1340. The van der Waals surface area contributed by atoms with Crippen LogP contribution < -0.4 is 0 Å². The number of amides is 3. The summed E-state index contributed by atoms with van der Waals surface area (Å²) >= 11 is 12.5. The fourth-order valence-corrected chi connectivity index (χ4v) is 7.04. The van der Waals surface area contributed by atoms with Crippen LogP contribution in [-0.4, -0.2) is 98.0 Å². The van der Waals surface area contributed by atoms with Gasteiger partial charge in [-0.2, -0.15) is 4.31 Å². The third-order valence-corrected chi connectivity index (χ3v) is 9.80. The molecule has 0 spiro atoms. The van der Waals surface area contributed by atoms with Crippen molar-refractivity contribution in [3.05, 3.63) is 69.2 Å². The van der Waals surface area contributed by atoms with Crippen LogP contribution in [0.15, 0.2) is 42.5 Å². The molecule has 3 amide bonds. The summed E-state index contributed by atoms with van der Waals surface area (Å²) in [4.78, 5) is 32.9. The van der Waals surface area contributed by atoms with E-state index in [0.717, 1.165) is 16.7 Å². The van der Waals surface area contributed by atoms with Gasteiger partial charge in [-0.05, 0) is 55.7 Å². The maximum absolute atomic E-state index is 14.0. The molecule has 2 saturated heterocycles. The van der Waals surface area contributed by atoms with Crippen LogP contribution in [0.5, 0.6) is 0 Å². The van der Waals surface area contributed by atoms with Crippen molar-refractivity contribution in [2.24, 2.45) is 0 Å². The molecule has 2 aliphatic rings. The number of halogens is 2. The number of benzene rings is 2. The smallest absolute Gasteiger partial charge is 0.320 e. The number of piperazine rings is 1. The van der Waals surface area contributed by atoms with E-state index in [1.807, 2.05) is 39.0 Å². The molecule has 0 radical (unpaired) electrons. The molecule has 2 aromatic rings. The van der Waals surface area contributed by atoms with E-state index in [-0.39, 0.29) is 37.0 Å². The molecule has 8 nitrogen and oxygen atoms in total. The van der Waals surface area contributed by atoms with E-state index in [1.165, 1.54) is 10.6 Å². The maximum Gasteiger partial charge on any atom is 0.320 e. The minimum Gasteiger partial charge on any atom is -0.340 e. The standard InChI is InChI=1S/C28H36Cl2N4O4S/c1-19-8-6-7-9-23(19)24-17-33(27(36)32-10-12-34(13-11-32)39(5,37)38)18-25(24)31(4)26(35)28(2,3)20-14-21(29)16-22(30)15-20/h6-9,14-16,24-25H,10-13,17-18H2,1-5H3/t24-,25+/m0/s1. The molecule has 39 heavy (non-hydrogen) atoms. The van der Waals surface area contributed by atoms with Gasteiger partial charge in [0.2, 0.25) is 15.9 Å². The average Bonchev–Trinajstić information content (AvgIpc) is 3.32. The van der Waals surface area contributed by atoms with Gasteiger partial charge in [-0.25, -0.2) is 13.2 Å². The molecule has 212 valence electrons. The Balaban J connectivity index is 1.59. The molecule has 2 aliphatic heterocycles. The molecule has 2 heterocycles. The van der Waals surface area contributed by atoms with Gasteiger partial charge in [0.05, 0.1) is 17.7 Å². The highest BCUT2D eigenvalue weighted by Crippen LogP contribution is 2.37. The Hall–Kier alpha value is -2.33. The Labute approximate surface area is 241 Å². The van der Waals surface area contributed by atoms with Crippen LogP contribution in [0.25, 0.3) is 0 Å². The van der Waals surface area contributed by atoms with Crippen LogP contribution in [0.4, 0.5) is 4.79 Å². The SMILES string of the molecule is Cc1ccccc1[C@@H]1CN(C(=O)N2CCN(S(C)(=O)=O)CC2)C[C@H]1N(C)C(=O)C(C)(C)c1cc(Cl)cc(Cl)c1. The minimum absolute atomic E-state index is 0.0832. The minimum atomic E-state index is -3.29. The largest absolute Gasteiger partial charge is 0.340 e. The third kappa shape index (κ3) is 6.21. The second kappa shape index (κ2) is 11.3. The van der Waals surface area contributed by atoms with Crippen molar-refractivity contribution in [1.82, 2.24) is 19.0 Å². The van der Waals surface area contributed by atoms with Crippen LogP contribution in [0.2, 0.25) is 10.0 Å². The highest BCUT2D eigenvalue weighted by Gasteiger charge is 2.45. The fraction of sp³-hybridized carbons (Fsp3) is 0.500. The molecule has 11 heteroatoms. The lowest BCUT2D eigenvalue weighted by atomic mass is 9.82. The predicted octanol–water partition coefficient (Wildman–Crippen LogP) is 4.20. The van der Waals surface area contributed by atoms with Crippen molar-refractivity contribution in [1.29, 1.82) is 0 Å². The van der Waals surface area contributed by atoms with Crippen molar-refractivity contribution >= 4 is 45.2 Å². The number of nitrogens with zero attached hydrogens (tertiary/aromatic N) is 4. The second-order valence-corrected chi connectivity index (χ2v) is 13.9. The van der Waals surface area contributed by atoms with Crippen LogP contribution >= 0.6 is 23.2 Å². The number of sulfonamides is 1. The van der Waals surface area contributed by atoms with Crippen molar-refractivity contribution in [3.8, 4) is 0 Å². The Morgan fingerprint density at radius 1 is 0.949 bits per heavy atom. The zero-order valence-corrected chi connectivity index (χ0v) is 25.4. The highest BCUT2D eigenvalue weighted by atomic mass is 35.5. The predicted molar refractivity (Wildman–Crippen MR) is 155 cm³/mol. The van der Waals surface area contributed by atoms with Gasteiger partial charge in [0.15, 0.2) is 0 Å². The molecule has 0 aromatic heterocycles. The Morgan fingerprint density at radius 2 is 1.54 bits per heavy atom. The molecule has 0 bridgehead atoms. The molecule has 2 aromatic carbocycles. The first kappa shape index (κ1) is 29.6. The summed E-state index contributed by atoms with van der Waals surface area (Å²) in [5.74, 6) is -0.180. The topological polar surface area (TPSA) is 81.2 Å². The third-order valence-electron chi connectivity index (χ3n) is 8.06. The lowest BCUT2D eigenvalue weighted by Gasteiger charge is -2.36. The first-order chi connectivity index (χ1) is 18.2. The zero-order valence-electron chi connectivity index (χ0n) is 23.0. The van der Waals surface area contributed by atoms with E-state index in [0.29, 0.717) is 36.2 Å². The molecule has 2 fully saturated rings. The quantitative estimate of drug-likeness (QED) is 0.519. The van der Waals surface area contributed by atoms with Crippen LogP contribution in [0.3, 0.4) is 0 Å². The number of rotatable bonds is 5. The van der Waals surface area contributed by atoms with E-state index in [1.54, 1.807) is 39.9 Å². The number of hydrogen-bond acceptors (Lipinski definition) is 4. The summed E-state index contributed by atoms with van der Waals surface area (Å²) < 4.78 is 25.2. The summed E-state index contributed by atoms with van der Waals surface area (Å²) in [5.41, 5.74) is 2.02. The van der Waals surface area contributed by atoms with Gasteiger partial charge >= 0.3 is 6.03 Å². The molecular formula is C28H36Cl2N4O4S. The second-order valence-electron chi connectivity index (χ2n) is 11.1. The lowest BCUT2D eigenvalue weighted by Crippen LogP contribution is -2.54. The molecule has 2 atom stereocenters. The van der Waals surface area contributed by atoms with Crippen molar-refractivity contribution in [2.75, 3.05) is 52.6 Å². The van der Waals surface area contributed by atoms with Gasteiger partial charge in [-0.1, -0.05) is 47.5 Å². The number of carbonyl (C=O) groups is 2. The van der Waals surface area contributed by atoms with Crippen molar-refractivity contribution in [3.63, 3.8) is 0 Å². The maximum atomic E-state index is 14.0. The number of carbonyl (C=O) groups excluding carboxylic acids is 2. The van der Waals surface area contributed by atoms with E-state index in [2.05, 4.69) is 6.07 Å². The summed E-state index contributed by atoms with van der Waals surface area (Å²) in [6.45, 7) is 7.81. The van der Waals surface area contributed by atoms with Crippen LogP contribution in [0.1, 0.15) is 36.5 Å². The lowest BCUT2D eigenvalue weighted by molar-refractivity contribution is -0.137. The van der Waals surface area contributed by atoms with E-state index in [9.17, 15) is 18.0 Å². The van der Waals surface area contributed by atoms with Crippen LogP contribution in [-0.2, 0) is 20.2 Å². The van der Waals surface area contributed by atoms with Gasteiger partial charge in [0.1, 0.15) is 0 Å². The molecule has 0 aliphatic carbocycles. The van der Waals surface area contributed by atoms with E-state index >= 15 is 0 Å². The normalized spacial score (nSPS) is 20.8. The first-order valence-corrected chi connectivity index (χ1v) is 15.6. The number of urea groups is 1. The van der Waals surface area contributed by atoms with Gasteiger partial charge in [0.25, 0.3) is 0 Å². The molecule has 0 N–H and O–H groups in total. The number of likely N-dealkylation sites (N-methyl/N-ethyl adjacent to an activating group) is 1. The summed E-state index contributed by atoms with van der Waals surface area (Å²) in [6, 6.07) is 12.8. The van der Waals surface area contributed by atoms with Crippen LogP contribution in [0, 0.1) is 6.92 Å². The van der Waals surface area contributed by atoms with Gasteiger partial charge in [-0.15, -0.1) is 0 Å². The Morgan fingerprint density at radius 3 is 2.10 bits per heavy atom. The summed E-state index contributed by atoms with van der Waals surface area (Å²) in [5, 5.41) is 0.930. The Kier molecular flexibility index (Phi) is 8.57. The average molecular weight is 596 g/mol. The molecule has 0 unspecified atom stereocenters. The van der Waals surface area contributed by atoms with E-state index < -0.39 is 15.4 Å². The molecule has 4 rings (SSSR count).